The molecule has 3 nitrogen and oxygen atoms in total. The van der Waals surface area contributed by atoms with Crippen LogP contribution in [0, 0.1) is 5.82 Å². The topological polar surface area (TPSA) is 37.4 Å². The van der Waals surface area contributed by atoms with Crippen molar-refractivity contribution in [2.24, 2.45) is 0 Å². The van der Waals surface area contributed by atoms with E-state index in [-0.39, 0.29) is 6.54 Å². The van der Waals surface area contributed by atoms with Gasteiger partial charge in [0.1, 0.15) is 5.82 Å². The molecule has 1 saturated heterocycles. The van der Waals surface area contributed by atoms with Crippen LogP contribution in [0.25, 0.3) is 6.08 Å². The van der Waals surface area contributed by atoms with E-state index in [1.165, 1.54) is 6.07 Å². The molecule has 0 bridgehead atoms. The maximum atomic E-state index is 13.7. The van der Waals surface area contributed by atoms with Crippen molar-refractivity contribution in [1.82, 2.24) is 4.90 Å². The van der Waals surface area contributed by atoms with Crippen LogP contribution in [0.4, 0.5) is 9.18 Å². The average Bonchev–Trinajstić information content (AvgIpc) is 2.79. The number of rotatable bonds is 3. The van der Waals surface area contributed by atoms with Crippen molar-refractivity contribution < 1.29 is 14.0 Å². The molecule has 0 radical (unpaired) electrons. The third kappa shape index (κ3) is 3.46. The van der Waals surface area contributed by atoms with Crippen LogP contribution in [-0.2, 0) is 11.3 Å². The van der Waals surface area contributed by atoms with Crippen LogP contribution in [0.1, 0.15) is 11.1 Å². The molecule has 1 heterocycles. The highest BCUT2D eigenvalue weighted by Crippen LogP contribution is 2.33. The highest BCUT2D eigenvalue weighted by Gasteiger charge is 2.35. The van der Waals surface area contributed by atoms with E-state index >= 15 is 0 Å². The van der Waals surface area contributed by atoms with Crippen LogP contribution < -0.4 is 0 Å². The lowest BCUT2D eigenvalue weighted by Crippen LogP contribution is -2.27. The number of halogens is 2. The molecule has 0 spiro atoms. The van der Waals surface area contributed by atoms with Crippen LogP contribution in [-0.4, -0.2) is 16.0 Å². The Hall–Kier alpha value is -2.11. The molecule has 2 aromatic carbocycles. The van der Waals surface area contributed by atoms with Crippen molar-refractivity contribution in [3.63, 3.8) is 0 Å². The van der Waals surface area contributed by atoms with Crippen molar-refractivity contribution in [2.45, 2.75) is 6.54 Å². The minimum Gasteiger partial charge on any atom is -0.268 e. The quantitative estimate of drug-likeness (QED) is 0.754. The van der Waals surface area contributed by atoms with Crippen LogP contribution >= 0.6 is 23.4 Å². The number of imide groups is 1. The van der Waals surface area contributed by atoms with Gasteiger partial charge in [-0.3, -0.25) is 14.5 Å². The summed E-state index contributed by atoms with van der Waals surface area (Å²) in [6.45, 7) is -0.0741. The average molecular weight is 348 g/mol. The molecule has 1 aliphatic heterocycles. The van der Waals surface area contributed by atoms with E-state index in [0.29, 0.717) is 15.5 Å². The van der Waals surface area contributed by atoms with Gasteiger partial charge in [0.15, 0.2) is 0 Å². The van der Waals surface area contributed by atoms with E-state index in [1.807, 2.05) is 0 Å². The van der Waals surface area contributed by atoms with Gasteiger partial charge in [-0.1, -0.05) is 41.9 Å². The fraction of sp³-hybridized carbons (Fsp3) is 0.0588. The summed E-state index contributed by atoms with van der Waals surface area (Å²) in [5, 5.41) is 0.188. The molecule has 2 amide bonds. The van der Waals surface area contributed by atoms with Crippen LogP contribution in [0.2, 0.25) is 5.02 Å². The predicted octanol–water partition coefficient (Wildman–Crippen LogP) is 4.72. The van der Waals surface area contributed by atoms with E-state index in [9.17, 15) is 14.0 Å². The van der Waals surface area contributed by atoms with Gasteiger partial charge in [-0.2, -0.15) is 0 Å². The molecule has 2 aromatic rings. The van der Waals surface area contributed by atoms with E-state index in [2.05, 4.69) is 0 Å². The summed E-state index contributed by atoms with van der Waals surface area (Å²) in [5.41, 5.74) is 1.08. The lowest BCUT2D eigenvalue weighted by Gasteiger charge is -2.12. The van der Waals surface area contributed by atoms with Gasteiger partial charge in [-0.25, -0.2) is 4.39 Å². The Morgan fingerprint density at radius 1 is 1.09 bits per heavy atom. The zero-order chi connectivity index (χ0) is 16.4. The van der Waals surface area contributed by atoms with Gasteiger partial charge in [0.25, 0.3) is 11.1 Å². The predicted molar refractivity (Wildman–Crippen MR) is 89.4 cm³/mol. The number of thioether (sulfide) groups is 1. The second-order valence-corrected chi connectivity index (χ2v) is 6.34. The summed E-state index contributed by atoms with van der Waals surface area (Å²) in [7, 11) is 0. The van der Waals surface area contributed by atoms with E-state index < -0.39 is 17.0 Å². The van der Waals surface area contributed by atoms with E-state index in [0.717, 1.165) is 22.2 Å². The summed E-state index contributed by atoms with van der Waals surface area (Å²) in [4.78, 5) is 25.8. The Labute approximate surface area is 141 Å². The van der Waals surface area contributed by atoms with Crippen molar-refractivity contribution in [3.8, 4) is 0 Å². The Morgan fingerprint density at radius 3 is 2.48 bits per heavy atom. The second kappa shape index (κ2) is 6.56. The maximum absolute atomic E-state index is 13.7. The van der Waals surface area contributed by atoms with Gasteiger partial charge < -0.3 is 0 Å². The monoisotopic (exact) mass is 347 g/mol. The third-order valence-corrected chi connectivity index (χ3v) is 4.49. The molecule has 0 atom stereocenters. The van der Waals surface area contributed by atoms with Crippen molar-refractivity contribution in [2.75, 3.05) is 0 Å². The Balaban J connectivity index is 1.82. The minimum atomic E-state index is -0.437. The van der Waals surface area contributed by atoms with Crippen molar-refractivity contribution >= 4 is 40.6 Å². The van der Waals surface area contributed by atoms with Crippen LogP contribution in [0.5, 0.6) is 0 Å². The SMILES string of the molecule is O=C1S/C(=C/c2ccc(Cl)cc2)C(=O)N1Cc1ccccc1F. The first kappa shape index (κ1) is 15.8. The molecule has 23 heavy (non-hydrogen) atoms. The molecular weight excluding hydrogens is 337 g/mol. The standard InChI is InChI=1S/C17H11ClFNO2S/c18-13-7-5-11(6-8-13)9-15-16(21)20(17(22)23-15)10-12-3-1-2-4-14(12)19/h1-9H,10H2/b15-9+. The molecular formula is C17H11ClFNO2S. The molecule has 116 valence electrons. The summed E-state index contributed by atoms with van der Waals surface area (Å²) in [5.74, 6) is -0.855. The Bertz CT molecular complexity index is 804. The first-order chi connectivity index (χ1) is 11.0. The Morgan fingerprint density at radius 2 is 1.78 bits per heavy atom. The van der Waals surface area contributed by atoms with Crippen LogP contribution in [0.15, 0.2) is 53.4 Å². The molecule has 0 aromatic heterocycles. The van der Waals surface area contributed by atoms with Gasteiger partial charge in [0, 0.05) is 10.6 Å². The molecule has 1 fully saturated rings. The highest BCUT2D eigenvalue weighted by molar-refractivity contribution is 8.18. The minimum absolute atomic E-state index is 0.0741. The van der Waals surface area contributed by atoms with Gasteiger partial charge in [-0.15, -0.1) is 0 Å². The lowest BCUT2D eigenvalue weighted by atomic mass is 10.2. The maximum Gasteiger partial charge on any atom is 0.293 e. The Kier molecular flexibility index (Phi) is 4.50. The molecule has 1 aliphatic rings. The first-order valence-electron chi connectivity index (χ1n) is 6.79. The third-order valence-electron chi connectivity index (χ3n) is 3.33. The van der Waals surface area contributed by atoms with Crippen LogP contribution in [0.3, 0.4) is 0 Å². The molecule has 6 heteroatoms. The van der Waals surface area contributed by atoms with Gasteiger partial charge in [-0.05, 0) is 41.6 Å². The fourth-order valence-corrected chi connectivity index (χ4v) is 3.11. The number of hydrogen-bond donors (Lipinski definition) is 0. The molecule has 3 rings (SSSR count). The largest absolute Gasteiger partial charge is 0.293 e. The number of carbonyl (C=O) groups is 2. The zero-order valence-electron chi connectivity index (χ0n) is 11.8. The van der Waals surface area contributed by atoms with Gasteiger partial charge >= 0.3 is 0 Å². The number of benzene rings is 2. The van der Waals surface area contributed by atoms with Gasteiger partial charge in [0.05, 0.1) is 11.4 Å². The summed E-state index contributed by atoms with van der Waals surface area (Å²) >= 11 is 6.67. The summed E-state index contributed by atoms with van der Waals surface area (Å²) in [6.07, 6.45) is 1.63. The first-order valence-corrected chi connectivity index (χ1v) is 7.98. The van der Waals surface area contributed by atoms with Crippen molar-refractivity contribution in [1.29, 1.82) is 0 Å². The molecule has 0 unspecified atom stereocenters. The lowest BCUT2D eigenvalue weighted by molar-refractivity contribution is -0.123. The fourth-order valence-electron chi connectivity index (χ4n) is 2.14. The smallest absolute Gasteiger partial charge is 0.268 e. The summed E-state index contributed by atoms with van der Waals surface area (Å²) < 4.78 is 13.7. The van der Waals surface area contributed by atoms with Gasteiger partial charge in [0.2, 0.25) is 0 Å². The number of carbonyl (C=O) groups excluding carboxylic acids is 2. The molecule has 0 saturated carbocycles. The number of hydrogen-bond acceptors (Lipinski definition) is 3. The zero-order valence-corrected chi connectivity index (χ0v) is 13.4. The van der Waals surface area contributed by atoms with E-state index in [1.54, 1.807) is 48.5 Å². The number of amides is 2. The summed E-state index contributed by atoms with van der Waals surface area (Å²) in [6, 6.07) is 13.0. The second-order valence-electron chi connectivity index (χ2n) is 4.91. The molecule has 0 aliphatic carbocycles. The highest BCUT2D eigenvalue weighted by atomic mass is 35.5. The van der Waals surface area contributed by atoms with Crippen molar-refractivity contribution in [3.05, 3.63) is 75.4 Å². The van der Waals surface area contributed by atoms with E-state index in [4.69, 9.17) is 11.6 Å². The molecule has 0 N–H and O–H groups in total. The normalized spacial score (nSPS) is 16.4. The number of nitrogens with zero attached hydrogens (tertiary/aromatic N) is 1.